The molecule has 5 heteroatoms. The second kappa shape index (κ2) is 10.4. The van der Waals surface area contributed by atoms with E-state index in [9.17, 15) is 9.59 Å². The van der Waals surface area contributed by atoms with Crippen LogP contribution in [0.4, 0.5) is 0 Å². The molecular weight excluding hydrogens is 338 g/mol. The number of nitrogens with two attached hydrogens (primary N) is 1. The average Bonchev–Trinajstić information content (AvgIpc) is 3.18. The molecule has 0 aromatic carbocycles. The number of nitrogens with one attached hydrogen (secondary N) is 1. The van der Waals surface area contributed by atoms with Crippen molar-refractivity contribution in [2.24, 2.45) is 17.5 Å². The van der Waals surface area contributed by atoms with E-state index in [0.717, 1.165) is 51.0 Å². The van der Waals surface area contributed by atoms with Crippen LogP contribution in [0.1, 0.15) is 91.3 Å². The van der Waals surface area contributed by atoms with Gasteiger partial charge in [0, 0.05) is 7.92 Å². The highest BCUT2D eigenvalue weighted by molar-refractivity contribution is 5.89. The van der Waals surface area contributed by atoms with Crippen LogP contribution in [-0.4, -0.2) is 41.9 Å². The van der Waals surface area contributed by atoms with Crippen molar-refractivity contribution in [1.82, 2.24) is 10.2 Å². The molecule has 2 saturated carbocycles. The normalized spacial score (nSPS) is 27.9. The van der Waals surface area contributed by atoms with Crippen molar-refractivity contribution < 1.29 is 11.0 Å². The fourth-order valence-corrected chi connectivity index (χ4v) is 5.26. The lowest BCUT2D eigenvalue weighted by atomic mass is 9.84. The Morgan fingerprint density at radius 2 is 1.67 bits per heavy atom. The summed E-state index contributed by atoms with van der Waals surface area (Å²) in [5.41, 5.74) is 5.54. The van der Waals surface area contributed by atoms with Gasteiger partial charge in [-0.3, -0.25) is 9.59 Å². The standard InChI is InChI=1S/C22H39N3O2/c23-21(26)20-12-7-15-25(20)22(27)19(16-18-10-5-2-6-11-18)24-14-13-17-8-3-1-4-9-17/h17-20,24H,1-16H2,(H2,23,26)/t19-,20-/m0/s1/i18D. The van der Waals surface area contributed by atoms with Crippen LogP contribution in [0.5, 0.6) is 0 Å². The Balaban J connectivity index is 1.62. The van der Waals surface area contributed by atoms with E-state index in [1.54, 1.807) is 4.90 Å². The third-order valence-electron chi connectivity index (χ3n) is 6.88. The van der Waals surface area contributed by atoms with Gasteiger partial charge >= 0.3 is 0 Å². The lowest BCUT2D eigenvalue weighted by Gasteiger charge is -2.32. The van der Waals surface area contributed by atoms with Crippen molar-refractivity contribution in [3.63, 3.8) is 0 Å². The average molecular weight is 379 g/mol. The molecular formula is C22H39N3O2. The van der Waals surface area contributed by atoms with Crippen LogP contribution in [0, 0.1) is 11.8 Å². The number of carbonyl (C=O) groups is 2. The molecule has 1 aliphatic heterocycles. The van der Waals surface area contributed by atoms with Gasteiger partial charge in [0.25, 0.3) is 0 Å². The summed E-state index contributed by atoms with van der Waals surface area (Å²) in [6.45, 7) is 1.43. The van der Waals surface area contributed by atoms with E-state index >= 15 is 0 Å². The van der Waals surface area contributed by atoms with Crippen molar-refractivity contribution in [2.45, 2.75) is 102 Å². The zero-order valence-corrected chi connectivity index (χ0v) is 16.9. The zero-order valence-electron chi connectivity index (χ0n) is 17.9. The number of hydrogen-bond acceptors (Lipinski definition) is 3. The van der Waals surface area contributed by atoms with Crippen molar-refractivity contribution >= 4 is 11.8 Å². The van der Waals surface area contributed by atoms with E-state index in [2.05, 4.69) is 5.32 Å². The number of carbonyl (C=O) groups excluding carboxylic acids is 2. The quantitative estimate of drug-likeness (QED) is 0.680. The molecule has 2 atom stereocenters. The number of rotatable bonds is 8. The Morgan fingerprint density at radius 1 is 1.00 bits per heavy atom. The van der Waals surface area contributed by atoms with Gasteiger partial charge in [-0.05, 0) is 44.0 Å². The van der Waals surface area contributed by atoms with E-state index in [0.29, 0.717) is 19.4 Å². The van der Waals surface area contributed by atoms with E-state index in [-0.39, 0.29) is 11.9 Å². The highest BCUT2D eigenvalue weighted by Crippen LogP contribution is 2.29. The van der Waals surface area contributed by atoms with Gasteiger partial charge in [-0.25, -0.2) is 0 Å². The van der Waals surface area contributed by atoms with Crippen molar-refractivity contribution in [1.29, 1.82) is 0 Å². The fraction of sp³-hybridized carbons (Fsp3) is 0.909. The molecule has 2 aliphatic carbocycles. The highest BCUT2D eigenvalue weighted by atomic mass is 16.2. The number of likely N-dealkylation sites (tertiary alicyclic amines) is 1. The molecule has 1 heterocycles. The van der Waals surface area contributed by atoms with E-state index in [1.165, 1.54) is 38.5 Å². The molecule has 3 fully saturated rings. The Labute approximate surface area is 166 Å². The minimum atomic E-state index is -0.516. The summed E-state index contributed by atoms with van der Waals surface area (Å²) in [6.07, 6.45) is 14.9. The van der Waals surface area contributed by atoms with Crippen LogP contribution in [0.25, 0.3) is 0 Å². The Kier molecular flexibility index (Phi) is 7.44. The van der Waals surface area contributed by atoms with Gasteiger partial charge < -0.3 is 16.0 Å². The van der Waals surface area contributed by atoms with Gasteiger partial charge in [0.15, 0.2) is 0 Å². The second-order valence-corrected chi connectivity index (χ2v) is 8.91. The second-order valence-electron chi connectivity index (χ2n) is 8.91. The molecule has 154 valence electrons. The number of nitrogens with zero attached hydrogens (tertiary/aromatic N) is 1. The molecule has 27 heavy (non-hydrogen) atoms. The molecule has 3 N–H and O–H groups in total. The first kappa shape index (κ1) is 19.2. The summed E-state index contributed by atoms with van der Waals surface area (Å²) in [5.74, 6) is -0.160. The third-order valence-corrected chi connectivity index (χ3v) is 6.88. The molecule has 0 unspecified atom stereocenters. The first-order valence-electron chi connectivity index (χ1n) is 11.8. The van der Waals surface area contributed by atoms with Crippen molar-refractivity contribution in [2.75, 3.05) is 13.1 Å². The van der Waals surface area contributed by atoms with Crippen molar-refractivity contribution in [3.05, 3.63) is 0 Å². The Bertz CT molecular complexity index is 530. The Hall–Kier alpha value is -1.10. The summed E-state index contributed by atoms with van der Waals surface area (Å²) in [6, 6.07) is -0.831. The summed E-state index contributed by atoms with van der Waals surface area (Å²) >= 11 is 0. The maximum absolute atomic E-state index is 13.3. The van der Waals surface area contributed by atoms with Crippen LogP contribution in [0.15, 0.2) is 0 Å². The molecule has 0 aromatic heterocycles. The molecule has 0 bridgehead atoms. The summed E-state index contributed by atoms with van der Waals surface area (Å²) in [4.78, 5) is 26.8. The predicted molar refractivity (Wildman–Crippen MR) is 108 cm³/mol. The largest absolute Gasteiger partial charge is 0.368 e. The maximum atomic E-state index is 13.3. The minimum Gasteiger partial charge on any atom is -0.368 e. The SMILES string of the molecule is [2H]C1(C[C@H](NCCC2CCCCC2)C(=O)N2CCC[C@H]2C(N)=O)CCCCC1. The van der Waals surface area contributed by atoms with Gasteiger partial charge in [0.2, 0.25) is 11.8 Å². The minimum absolute atomic E-state index is 0.0119. The molecule has 3 rings (SSSR count). The number of hydrogen-bond donors (Lipinski definition) is 2. The van der Waals surface area contributed by atoms with Gasteiger partial charge in [-0.15, -0.1) is 0 Å². The van der Waals surface area contributed by atoms with E-state index in [4.69, 9.17) is 7.10 Å². The smallest absolute Gasteiger partial charge is 0.240 e. The van der Waals surface area contributed by atoms with E-state index < -0.39 is 17.8 Å². The number of amides is 2. The maximum Gasteiger partial charge on any atom is 0.240 e. The van der Waals surface area contributed by atoms with Crippen LogP contribution >= 0.6 is 0 Å². The first-order valence-corrected chi connectivity index (χ1v) is 11.3. The molecule has 3 aliphatic rings. The molecule has 2 amide bonds. The lowest BCUT2D eigenvalue weighted by molar-refractivity contribution is -0.139. The number of primary amides is 1. The van der Waals surface area contributed by atoms with Crippen LogP contribution in [0.3, 0.4) is 0 Å². The summed E-state index contributed by atoms with van der Waals surface area (Å²) in [5, 5.41) is 3.51. The molecule has 0 radical (unpaired) electrons. The van der Waals surface area contributed by atoms with Crippen LogP contribution in [-0.2, 0) is 9.59 Å². The molecule has 0 spiro atoms. The monoisotopic (exact) mass is 378 g/mol. The van der Waals surface area contributed by atoms with Crippen molar-refractivity contribution in [3.8, 4) is 0 Å². The van der Waals surface area contributed by atoms with Crippen LogP contribution in [0.2, 0.25) is 0 Å². The zero-order chi connectivity index (χ0) is 20.0. The molecule has 0 aromatic rings. The van der Waals surface area contributed by atoms with Crippen LogP contribution < -0.4 is 11.1 Å². The van der Waals surface area contributed by atoms with Gasteiger partial charge in [0.1, 0.15) is 6.04 Å². The fourth-order valence-electron chi connectivity index (χ4n) is 5.26. The first-order chi connectivity index (χ1) is 13.5. The summed E-state index contributed by atoms with van der Waals surface area (Å²) in [7, 11) is 0. The van der Waals surface area contributed by atoms with Gasteiger partial charge in [-0.2, -0.15) is 0 Å². The third kappa shape index (κ3) is 5.94. The van der Waals surface area contributed by atoms with E-state index in [1.807, 2.05) is 0 Å². The van der Waals surface area contributed by atoms with Gasteiger partial charge in [-0.1, -0.05) is 64.2 Å². The highest BCUT2D eigenvalue weighted by Gasteiger charge is 2.36. The molecule has 1 saturated heterocycles. The molecule has 5 nitrogen and oxygen atoms in total. The predicted octanol–water partition coefficient (Wildman–Crippen LogP) is 3.36. The topological polar surface area (TPSA) is 75.4 Å². The lowest BCUT2D eigenvalue weighted by Crippen LogP contribution is -2.52. The van der Waals surface area contributed by atoms with Gasteiger partial charge in [0.05, 0.1) is 6.04 Å². The summed E-state index contributed by atoms with van der Waals surface area (Å²) < 4.78 is 8.88. The Morgan fingerprint density at radius 3 is 2.33 bits per heavy atom.